The smallest absolute Gasteiger partial charge is 0.156 e. The minimum Gasteiger partial charge on any atom is -0.352 e. The van der Waals surface area contributed by atoms with Crippen LogP contribution in [0.25, 0.3) is 0 Å². The maximum Gasteiger partial charge on any atom is 0.156 e. The number of rotatable bonds is 4. The van der Waals surface area contributed by atoms with Crippen LogP contribution in [-0.2, 0) is 19.4 Å². The Balaban J connectivity index is 2.46. The van der Waals surface area contributed by atoms with Gasteiger partial charge < -0.3 is 10.6 Å². The van der Waals surface area contributed by atoms with Crippen molar-refractivity contribution in [1.29, 1.82) is 0 Å². The van der Waals surface area contributed by atoms with E-state index >= 15 is 0 Å². The molecule has 0 aliphatic carbocycles. The highest BCUT2D eigenvalue weighted by molar-refractivity contribution is 5.52. The third-order valence-corrected chi connectivity index (χ3v) is 4.20. The van der Waals surface area contributed by atoms with Crippen LogP contribution in [0, 0.1) is 5.92 Å². The van der Waals surface area contributed by atoms with Gasteiger partial charge in [0, 0.05) is 24.7 Å². The van der Waals surface area contributed by atoms with Gasteiger partial charge in [0.2, 0.25) is 0 Å². The summed E-state index contributed by atoms with van der Waals surface area (Å²) in [5.41, 5.74) is 9.62. The predicted molar refractivity (Wildman–Crippen MR) is 79.3 cm³/mol. The second-order valence-corrected chi connectivity index (χ2v) is 5.68. The van der Waals surface area contributed by atoms with E-state index in [4.69, 9.17) is 5.73 Å². The Morgan fingerprint density at radius 1 is 1.16 bits per heavy atom. The molecule has 4 heteroatoms. The predicted octanol–water partition coefficient (Wildman–Crippen LogP) is 2.29. The zero-order valence-corrected chi connectivity index (χ0v) is 12.6. The van der Waals surface area contributed by atoms with Crippen molar-refractivity contribution in [2.24, 2.45) is 11.7 Å². The number of aryl methyl sites for hydroxylation is 1. The molecule has 0 amide bonds. The van der Waals surface area contributed by atoms with Crippen LogP contribution in [-0.4, -0.2) is 22.8 Å². The summed E-state index contributed by atoms with van der Waals surface area (Å²) in [6, 6.07) is 0.534. The minimum absolute atomic E-state index is 0.534. The Hall–Kier alpha value is -1.16. The first kappa shape index (κ1) is 14.3. The average Bonchev–Trinajstić information content (AvgIpc) is 2.75. The Morgan fingerprint density at radius 2 is 1.89 bits per heavy atom. The SMILES string of the molecule is CCc1nnc(N2CC(C)CC2C)c(CN)c1CC. The van der Waals surface area contributed by atoms with Gasteiger partial charge in [-0.25, -0.2) is 0 Å². The van der Waals surface area contributed by atoms with Gasteiger partial charge in [0.15, 0.2) is 5.82 Å². The van der Waals surface area contributed by atoms with Gasteiger partial charge in [-0.15, -0.1) is 5.10 Å². The molecule has 1 aromatic rings. The lowest BCUT2D eigenvalue weighted by atomic mass is 10.0. The molecule has 2 unspecified atom stereocenters. The zero-order valence-electron chi connectivity index (χ0n) is 12.6. The molecule has 0 aromatic carbocycles. The lowest BCUT2D eigenvalue weighted by Crippen LogP contribution is -2.30. The van der Waals surface area contributed by atoms with Crippen molar-refractivity contribution in [3.8, 4) is 0 Å². The summed E-state index contributed by atoms with van der Waals surface area (Å²) >= 11 is 0. The minimum atomic E-state index is 0.534. The third-order valence-electron chi connectivity index (χ3n) is 4.20. The molecule has 1 aromatic heterocycles. The largest absolute Gasteiger partial charge is 0.352 e. The summed E-state index contributed by atoms with van der Waals surface area (Å²) in [5.74, 6) is 1.74. The van der Waals surface area contributed by atoms with Crippen LogP contribution in [0.2, 0.25) is 0 Å². The van der Waals surface area contributed by atoms with E-state index in [1.165, 1.54) is 17.5 Å². The molecule has 0 spiro atoms. The molecule has 19 heavy (non-hydrogen) atoms. The quantitative estimate of drug-likeness (QED) is 0.904. The van der Waals surface area contributed by atoms with E-state index in [0.29, 0.717) is 12.6 Å². The van der Waals surface area contributed by atoms with E-state index in [2.05, 4.69) is 42.8 Å². The van der Waals surface area contributed by atoms with Crippen LogP contribution in [0.4, 0.5) is 5.82 Å². The van der Waals surface area contributed by atoms with Crippen LogP contribution >= 0.6 is 0 Å². The molecule has 0 radical (unpaired) electrons. The van der Waals surface area contributed by atoms with Gasteiger partial charge in [0.1, 0.15) is 0 Å². The highest BCUT2D eigenvalue weighted by Crippen LogP contribution is 2.31. The molecule has 0 saturated carbocycles. The Morgan fingerprint density at radius 3 is 2.37 bits per heavy atom. The summed E-state index contributed by atoms with van der Waals surface area (Å²) < 4.78 is 0. The molecular formula is C15H26N4. The van der Waals surface area contributed by atoms with Crippen molar-refractivity contribution in [3.05, 3.63) is 16.8 Å². The number of nitrogens with two attached hydrogens (primary N) is 1. The highest BCUT2D eigenvalue weighted by atomic mass is 15.3. The number of nitrogens with zero attached hydrogens (tertiary/aromatic N) is 3. The summed E-state index contributed by atoms with van der Waals surface area (Å²) in [5, 5.41) is 8.93. The molecule has 2 N–H and O–H groups in total. The van der Waals surface area contributed by atoms with E-state index in [1.807, 2.05) is 0 Å². The molecular weight excluding hydrogens is 236 g/mol. The zero-order chi connectivity index (χ0) is 14.0. The van der Waals surface area contributed by atoms with Crippen LogP contribution in [0.15, 0.2) is 0 Å². The van der Waals surface area contributed by atoms with Gasteiger partial charge in [0.25, 0.3) is 0 Å². The van der Waals surface area contributed by atoms with Crippen LogP contribution in [0.1, 0.15) is 50.9 Å². The molecule has 0 bridgehead atoms. The van der Waals surface area contributed by atoms with Crippen molar-refractivity contribution in [2.75, 3.05) is 11.4 Å². The second-order valence-electron chi connectivity index (χ2n) is 5.68. The molecule has 106 valence electrons. The van der Waals surface area contributed by atoms with E-state index in [9.17, 15) is 0 Å². The van der Waals surface area contributed by atoms with Crippen molar-refractivity contribution in [2.45, 2.75) is 59.5 Å². The maximum absolute atomic E-state index is 6.00. The summed E-state index contributed by atoms with van der Waals surface area (Å²) in [4.78, 5) is 2.39. The average molecular weight is 262 g/mol. The van der Waals surface area contributed by atoms with Gasteiger partial charge in [0.05, 0.1) is 5.69 Å². The molecule has 1 aliphatic rings. The Bertz CT molecular complexity index is 444. The molecule has 2 heterocycles. The fourth-order valence-electron chi connectivity index (χ4n) is 3.28. The van der Waals surface area contributed by atoms with Crippen molar-refractivity contribution >= 4 is 5.82 Å². The van der Waals surface area contributed by atoms with Gasteiger partial charge in [-0.3, -0.25) is 0 Å². The van der Waals surface area contributed by atoms with Gasteiger partial charge in [-0.2, -0.15) is 5.10 Å². The van der Waals surface area contributed by atoms with Gasteiger partial charge in [-0.1, -0.05) is 20.8 Å². The van der Waals surface area contributed by atoms with Gasteiger partial charge >= 0.3 is 0 Å². The number of hydrogen-bond donors (Lipinski definition) is 1. The molecule has 2 rings (SSSR count). The highest BCUT2D eigenvalue weighted by Gasteiger charge is 2.29. The van der Waals surface area contributed by atoms with Crippen molar-refractivity contribution in [3.63, 3.8) is 0 Å². The van der Waals surface area contributed by atoms with E-state index in [0.717, 1.165) is 36.8 Å². The Labute approximate surface area is 116 Å². The molecule has 1 saturated heterocycles. The normalized spacial score (nSPS) is 23.1. The Kier molecular flexibility index (Phi) is 4.40. The van der Waals surface area contributed by atoms with E-state index in [1.54, 1.807) is 0 Å². The maximum atomic E-state index is 6.00. The lowest BCUT2D eigenvalue weighted by molar-refractivity contribution is 0.624. The molecule has 1 aliphatic heterocycles. The fourth-order valence-corrected chi connectivity index (χ4v) is 3.28. The first-order valence-corrected chi connectivity index (χ1v) is 7.46. The van der Waals surface area contributed by atoms with Gasteiger partial charge in [-0.05, 0) is 37.7 Å². The lowest BCUT2D eigenvalue weighted by Gasteiger charge is -2.26. The number of hydrogen-bond acceptors (Lipinski definition) is 4. The fraction of sp³-hybridized carbons (Fsp3) is 0.733. The molecule has 2 atom stereocenters. The number of aromatic nitrogens is 2. The summed E-state index contributed by atoms with van der Waals surface area (Å²) in [6.07, 6.45) is 3.13. The van der Waals surface area contributed by atoms with Crippen LogP contribution in [0.5, 0.6) is 0 Å². The van der Waals surface area contributed by atoms with Crippen molar-refractivity contribution in [1.82, 2.24) is 10.2 Å². The molecule has 1 fully saturated rings. The van der Waals surface area contributed by atoms with E-state index < -0.39 is 0 Å². The van der Waals surface area contributed by atoms with Crippen molar-refractivity contribution < 1.29 is 0 Å². The first-order valence-electron chi connectivity index (χ1n) is 7.46. The second kappa shape index (κ2) is 5.87. The van der Waals surface area contributed by atoms with Crippen LogP contribution < -0.4 is 10.6 Å². The first-order chi connectivity index (χ1) is 9.12. The summed E-state index contributed by atoms with van der Waals surface area (Å²) in [6.45, 7) is 10.5. The third kappa shape index (κ3) is 2.59. The summed E-state index contributed by atoms with van der Waals surface area (Å²) in [7, 11) is 0. The van der Waals surface area contributed by atoms with E-state index in [-0.39, 0.29) is 0 Å². The standard InChI is InChI=1S/C15H26N4/c1-5-12-13(8-16)15(18-17-14(12)6-2)19-9-10(3)7-11(19)4/h10-11H,5-9,16H2,1-4H3. The van der Waals surface area contributed by atoms with Crippen LogP contribution in [0.3, 0.4) is 0 Å². The number of anilines is 1. The monoisotopic (exact) mass is 262 g/mol. The topological polar surface area (TPSA) is 55.0 Å². The molecule has 4 nitrogen and oxygen atoms in total.